The molecule has 5 heteroatoms. The monoisotopic (exact) mass is 231 g/mol. The van der Waals surface area contributed by atoms with E-state index in [1.807, 2.05) is 24.7 Å². The highest BCUT2D eigenvalue weighted by Gasteiger charge is 2.09. The Kier molecular flexibility index (Phi) is 3.37. The van der Waals surface area contributed by atoms with Gasteiger partial charge in [-0.15, -0.1) is 0 Å². The molecule has 0 amide bonds. The van der Waals surface area contributed by atoms with E-state index in [-0.39, 0.29) is 0 Å². The van der Waals surface area contributed by atoms with Crippen LogP contribution in [0.25, 0.3) is 11.4 Å². The Morgan fingerprint density at radius 2 is 2.24 bits per heavy atom. The van der Waals surface area contributed by atoms with Crippen molar-refractivity contribution in [3.05, 3.63) is 24.2 Å². The summed E-state index contributed by atoms with van der Waals surface area (Å²) < 4.78 is 1.82. The Hall–Kier alpha value is -1.91. The van der Waals surface area contributed by atoms with E-state index < -0.39 is 0 Å². The van der Waals surface area contributed by atoms with Crippen molar-refractivity contribution in [2.75, 3.05) is 11.9 Å². The summed E-state index contributed by atoms with van der Waals surface area (Å²) in [6.45, 7) is 5.06. The fourth-order valence-corrected chi connectivity index (χ4v) is 1.56. The Morgan fingerprint density at radius 3 is 2.88 bits per heavy atom. The summed E-state index contributed by atoms with van der Waals surface area (Å²) in [6, 6.07) is 1.88. The number of hydrogen-bond donors (Lipinski definition) is 1. The number of aryl methyl sites for hydroxylation is 1. The van der Waals surface area contributed by atoms with E-state index in [9.17, 15) is 0 Å². The van der Waals surface area contributed by atoms with Crippen molar-refractivity contribution in [3.8, 4) is 11.4 Å². The van der Waals surface area contributed by atoms with Crippen LogP contribution in [0.2, 0.25) is 0 Å². The van der Waals surface area contributed by atoms with Gasteiger partial charge in [0.2, 0.25) is 0 Å². The third-order valence-electron chi connectivity index (χ3n) is 2.69. The van der Waals surface area contributed by atoms with E-state index >= 15 is 0 Å². The molecule has 0 atom stereocenters. The highest BCUT2D eigenvalue weighted by molar-refractivity contribution is 5.58. The first kappa shape index (κ1) is 11.6. The van der Waals surface area contributed by atoms with E-state index in [0.717, 1.165) is 35.9 Å². The molecule has 0 aliphatic carbocycles. The van der Waals surface area contributed by atoms with Crippen LogP contribution in [0.4, 0.5) is 5.82 Å². The van der Waals surface area contributed by atoms with Crippen molar-refractivity contribution in [1.29, 1.82) is 0 Å². The van der Waals surface area contributed by atoms with Crippen LogP contribution in [0.1, 0.15) is 19.0 Å². The van der Waals surface area contributed by atoms with Gasteiger partial charge in [0.05, 0.1) is 11.8 Å². The smallest absolute Gasteiger partial charge is 0.164 e. The second kappa shape index (κ2) is 4.95. The molecule has 0 saturated heterocycles. The van der Waals surface area contributed by atoms with Gasteiger partial charge in [0, 0.05) is 25.5 Å². The number of anilines is 1. The number of hydrogen-bond acceptors (Lipinski definition) is 4. The molecular weight excluding hydrogens is 214 g/mol. The van der Waals surface area contributed by atoms with E-state index in [0.29, 0.717) is 0 Å². The van der Waals surface area contributed by atoms with E-state index in [4.69, 9.17) is 0 Å². The topological polar surface area (TPSA) is 55.6 Å². The normalized spacial score (nSPS) is 10.5. The van der Waals surface area contributed by atoms with Crippen LogP contribution < -0.4 is 5.32 Å². The van der Waals surface area contributed by atoms with Crippen molar-refractivity contribution in [2.45, 2.75) is 20.3 Å². The molecular formula is C12H17N5. The molecule has 5 nitrogen and oxygen atoms in total. The lowest BCUT2D eigenvalue weighted by molar-refractivity contribution is 0.740. The summed E-state index contributed by atoms with van der Waals surface area (Å²) >= 11 is 0. The predicted molar refractivity (Wildman–Crippen MR) is 67.8 cm³/mol. The average Bonchev–Trinajstić information content (AvgIpc) is 2.68. The van der Waals surface area contributed by atoms with Gasteiger partial charge in [-0.05, 0) is 19.4 Å². The van der Waals surface area contributed by atoms with Crippen LogP contribution in [0.3, 0.4) is 0 Å². The summed E-state index contributed by atoms with van der Waals surface area (Å²) in [4.78, 5) is 8.77. The second-order valence-electron chi connectivity index (χ2n) is 3.96. The molecule has 0 aliphatic heterocycles. The van der Waals surface area contributed by atoms with Gasteiger partial charge in [-0.1, -0.05) is 6.92 Å². The highest BCUT2D eigenvalue weighted by Crippen LogP contribution is 2.19. The Labute approximate surface area is 101 Å². The first-order valence-corrected chi connectivity index (χ1v) is 5.78. The summed E-state index contributed by atoms with van der Waals surface area (Å²) in [6.07, 6.45) is 4.65. The summed E-state index contributed by atoms with van der Waals surface area (Å²) in [5, 5.41) is 7.45. The molecule has 0 unspecified atom stereocenters. The number of rotatable bonds is 4. The molecule has 0 saturated carbocycles. The first-order valence-electron chi connectivity index (χ1n) is 5.78. The average molecular weight is 231 g/mol. The lowest BCUT2D eigenvalue weighted by Gasteiger charge is -2.05. The minimum atomic E-state index is 0.719. The van der Waals surface area contributed by atoms with Crippen LogP contribution >= 0.6 is 0 Å². The molecule has 0 fully saturated rings. The van der Waals surface area contributed by atoms with Gasteiger partial charge < -0.3 is 5.32 Å². The van der Waals surface area contributed by atoms with E-state index in [1.54, 1.807) is 12.4 Å². The summed E-state index contributed by atoms with van der Waals surface area (Å²) in [5.41, 5.74) is 2.05. The molecule has 0 aromatic carbocycles. The van der Waals surface area contributed by atoms with Gasteiger partial charge in [0.1, 0.15) is 5.82 Å². The van der Waals surface area contributed by atoms with Crippen molar-refractivity contribution >= 4 is 5.82 Å². The quantitative estimate of drug-likeness (QED) is 0.874. The van der Waals surface area contributed by atoms with E-state index in [2.05, 4.69) is 27.3 Å². The van der Waals surface area contributed by atoms with Crippen LogP contribution in [0, 0.1) is 6.92 Å². The Morgan fingerprint density at radius 1 is 1.41 bits per heavy atom. The van der Waals surface area contributed by atoms with Gasteiger partial charge >= 0.3 is 0 Å². The zero-order chi connectivity index (χ0) is 12.3. The van der Waals surface area contributed by atoms with Gasteiger partial charge in [-0.25, -0.2) is 9.97 Å². The van der Waals surface area contributed by atoms with Gasteiger partial charge in [-0.3, -0.25) is 4.68 Å². The molecule has 2 rings (SSSR count). The van der Waals surface area contributed by atoms with Gasteiger partial charge in [0.25, 0.3) is 0 Å². The molecule has 1 N–H and O–H groups in total. The highest BCUT2D eigenvalue weighted by atomic mass is 15.3. The second-order valence-corrected chi connectivity index (χ2v) is 3.96. The lowest BCUT2D eigenvalue weighted by atomic mass is 10.2. The van der Waals surface area contributed by atoms with Crippen molar-refractivity contribution in [3.63, 3.8) is 0 Å². The lowest BCUT2D eigenvalue weighted by Crippen LogP contribution is -2.03. The molecule has 0 aliphatic rings. The number of nitrogens with one attached hydrogen (secondary N) is 1. The molecule has 90 valence electrons. The number of aromatic nitrogens is 4. The maximum Gasteiger partial charge on any atom is 0.164 e. The third kappa shape index (κ3) is 2.43. The predicted octanol–water partition coefficient (Wildman–Crippen LogP) is 2.01. The molecule has 0 bridgehead atoms. The molecule has 17 heavy (non-hydrogen) atoms. The minimum absolute atomic E-state index is 0.719. The fourth-order valence-electron chi connectivity index (χ4n) is 1.56. The Bertz CT molecular complexity index is 503. The van der Waals surface area contributed by atoms with Crippen LogP contribution in [-0.4, -0.2) is 26.3 Å². The largest absolute Gasteiger partial charge is 0.370 e. The van der Waals surface area contributed by atoms with Crippen molar-refractivity contribution < 1.29 is 0 Å². The van der Waals surface area contributed by atoms with Crippen LogP contribution in [0.15, 0.2) is 18.5 Å². The third-order valence-corrected chi connectivity index (χ3v) is 2.69. The van der Waals surface area contributed by atoms with Gasteiger partial charge in [0.15, 0.2) is 5.82 Å². The zero-order valence-corrected chi connectivity index (χ0v) is 10.4. The first-order chi connectivity index (χ1) is 8.22. The minimum Gasteiger partial charge on any atom is -0.370 e. The van der Waals surface area contributed by atoms with Crippen LogP contribution in [0.5, 0.6) is 0 Å². The maximum atomic E-state index is 4.48. The molecule has 0 spiro atoms. The summed E-state index contributed by atoms with van der Waals surface area (Å²) in [5.74, 6) is 1.58. The molecule has 2 heterocycles. The van der Waals surface area contributed by atoms with Gasteiger partial charge in [-0.2, -0.15) is 5.10 Å². The molecule has 0 radical (unpaired) electrons. The Balaban J connectivity index is 2.30. The maximum absolute atomic E-state index is 4.48. The van der Waals surface area contributed by atoms with Crippen molar-refractivity contribution in [1.82, 2.24) is 19.7 Å². The molecule has 2 aromatic heterocycles. The van der Waals surface area contributed by atoms with Crippen molar-refractivity contribution in [2.24, 2.45) is 7.05 Å². The van der Waals surface area contributed by atoms with E-state index in [1.165, 1.54) is 0 Å². The standard InChI is InChI=1S/C12H17N5/c1-4-6-13-11-5-7-14-12(16-11)10-8-15-17(3)9(10)2/h5,7-8H,4,6H2,1-3H3,(H,13,14,16). The fraction of sp³-hybridized carbons (Fsp3) is 0.417. The van der Waals surface area contributed by atoms with Crippen LogP contribution in [-0.2, 0) is 7.05 Å². The zero-order valence-electron chi connectivity index (χ0n) is 10.4. The summed E-state index contributed by atoms with van der Waals surface area (Å²) in [7, 11) is 1.91. The number of nitrogens with zero attached hydrogens (tertiary/aromatic N) is 4. The SMILES string of the molecule is CCCNc1ccnc(-c2cnn(C)c2C)n1. The molecule has 2 aromatic rings.